The van der Waals surface area contributed by atoms with Gasteiger partial charge in [-0.05, 0) is 54.4 Å². The van der Waals surface area contributed by atoms with Crippen LogP contribution in [-0.4, -0.2) is 21.5 Å². The number of aromatic nitrogens is 2. The molecular formula is C26H25N5O3. The van der Waals surface area contributed by atoms with E-state index in [0.717, 1.165) is 11.1 Å². The highest BCUT2D eigenvalue weighted by Gasteiger charge is 2.08. The van der Waals surface area contributed by atoms with E-state index in [2.05, 4.69) is 20.9 Å². The second kappa shape index (κ2) is 10.4. The van der Waals surface area contributed by atoms with E-state index in [4.69, 9.17) is 0 Å². The van der Waals surface area contributed by atoms with Crippen LogP contribution in [0.25, 0.3) is 10.9 Å². The molecule has 0 aliphatic rings. The van der Waals surface area contributed by atoms with Gasteiger partial charge in [0.15, 0.2) is 0 Å². The lowest BCUT2D eigenvalue weighted by Crippen LogP contribution is -2.27. The Morgan fingerprint density at radius 1 is 0.912 bits per heavy atom. The van der Waals surface area contributed by atoms with Crippen LogP contribution in [0.2, 0.25) is 0 Å². The van der Waals surface area contributed by atoms with Crippen molar-refractivity contribution in [3.05, 3.63) is 101 Å². The van der Waals surface area contributed by atoms with E-state index in [9.17, 15) is 14.4 Å². The minimum atomic E-state index is -0.346. The van der Waals surface area contributed by atoms with Crippen molar-refractivity contribution in [2.75, 3.05) is 10.6 Å². The molecule has 0 aliphatic heterocycles. The number of rotatable bonds is 7. The molecule has 0 fully saturated rings. The molecule has 0 aliphatic carbocycles. The van der Waals surface area contributed by atoms with Gasteiger partial charge in [-0.2, -0.15) is 0 Å². The Morgan fingerprint density at radius 2 is 1.65 bits per heavy atom. The van der Waals surface area contributed by atoms with E-state index in [1.54, 1.807) is 30.3 Å². The molecule has 8 heteroatoms. The zero-order valence-electron chi connectivity index (χ0n) is 18.7. The van der Waals surface area contributed by atoms with Gasteiger partial charge in [0.1, 0.15) is 0 Å². The average Bonchev–Trinajstić information content (AvgIpc) is 2.83. The highest BCUT2D eigenvalue weighted by Crippen LogP contribution is 2.13. The topological polar surface area (TPSA) is 105 Å². The SMILES string of the molecule is Cc1cccc(NC(=O)Nc2cccc(CNC(=O)CCn3cnc4ccccc4c3=O)c2)c1. The minimum absolute atomic E-state index is 0.150. The summed E-state index contributed by atoms with van der Waals surface area (Å²) >= 11 is 0. The summed E-state index contributed by atoms with van der Waals surface area (Å²) < 4.78 is 1.44. The van der Waals surface area contributed by atoms with Crippen molar-refractivity contribution in [1.82, 2.24) is 14.9 Å². The summed E-state index contributed by atoms with van der Waals surface area (Å²) in [5.74, 6) is -0.185. The van der Waals surface area contributed by atoms with Gasteiger partial charge in [-0.15, -0.1) is 0 Å². The molecule has 34 heavy (non-hydrogen) atoms. The first-order valence-electron chi connectivity index (χ1n) is 10.9. The Hall–Kier alpha value is -4.46. The first kappa shape index (κ1) is 22.7. The van der Waals surface area contributed by atoms with Crippen LogP contribution in [0.1, 0.15) is 17.5 Å². The van der Waals surface area contributed by atoms with Gasteiger partial charge in [-0.25, -0.2) is 9.78 Å². The molecule has 0 spiro atoms. The minimum Gasteiger partial charge on any atom is -0.352 e. The van der Waals surface area contributed by atoms with Crippen molar-refractivity contribution in [3.8, 4) is 0 Å². The maximum absolute atomic E-state index is 12.5. The lowest BCUT2D eigenvalue weighted by Gasteiger charge is -2.11. The predicted molar refractivity (Wildman–Crippen MR) is 133 cm³/mol. The molecule has 0 radical (unpaired) electrons. The van der Waals surface area contributed by atoms with Gasteiger partial charge in [0, 0.05) is 30.9 Å². The lowest BCUT2D eigenvalue weighted by molar-refractivity contribution is -0.121. The summed E-state index contributed by atoms with van der Waals surface area (Å²) in [6.45, 7) is 2.50. The summed E-state index contributed by atoms with van der Waals surface area (Å²) in [7, 11) is 0. The smallest absolute Gasteiger partial charge is 0.323 e. The van der Waals surface area contributed by atoms with Crippen molar-refractivity contribution in [2.45, 2.75) is 26.4 Å². The van der Waals surface area contributed by atoms with Crippen molar-refractivity contribution in [3.63, 3.8) is 0 Å². The Balaban J connectivity index is 1.28. The van der Waals surface area contributed by atoms with Crippen LogP contribution in [0.3, 0.4) is 0 Å². The van der Waals surface area contributed by atoms with E-state index in [1.165, 1.54) is 10.9 Å². The van der Waals surface area contributed by atoms with Gasteiger partial charge in [-0.1, -0.05) is 36.4 Å². The Labute approximate surface area is 196 Å². The van der Waals surface area contributed by atoms with E-state index >= 15 is 0 Å². The molecular weight excluding hydrogens is 430 g/mol. The number of hydrogen-bond donors (Lipinski definition) is 3. The summed E-state index contributed by atoms with van der Waals surface area (Å²) in [6.07, 6.45) is 1.62. The van der Waals surface area contributed by atoms with Crippen LogP contribution < -0.4 is 21.5 Å². The van der Waals surface area contributed by atoms with Crippen molar-refractivity contribution >= 4 is 34.2 Å². The molecule has 4 aromatic rings. The third-order valence-corrected chi connectivity index (χ3v) is 5.26. The van der Waals surface area contributed by atoms with E-state index in [0.29, 0.717) is 28.8 Å². The molecule has 0 saturated heterocycles. The van der Waals surface area contributed by atoms with Crippen LogP contribution in [0.4, 0.5) is 16.2 Å². The number of carbonyl (C=O) groups excluding carboxylic acids is 2. The third kappa shape index (κ3) is 5.86. The van der Waals surface area contributed by atoms with Crippen LogP contribution in [0, 0.1) is 6.92 Å². The van der Waals surface area contributed by atoms with Gasteiger partial charge < -0.3 is 16.0 Å². The molecule has 0 atom stereocenters. The van der Waals surface area contributed by atoms with E-state index in [-0.39, 0.29) is 30.5 Å². The number of para-hydroxylation sites is 1. The highest BCUT2D eigenvalue weighted by molar-refractivity contribution is 5.99. The number of nitrogens with one attached hydrogen (secondary N) is 3. The largest absolute Gasteiger partial charge is 0.352 e. The van der Waals surface area contributed by atoms with Crippen LogP contribution in [0.15, 0.2) is 83.9 Å². The summed E-state index contributed by atoms with van der Waals surface area (Å²) in [5.41, 5.74) is 3.69. The summed E-state index contributed by atoms with van der Waals surface area (Å²) in [5, 5.41) is 8.97. The number of hydrogen-bond acceptors (Lipinski definition) is 4. The maximum atomic E-state index is 12.5. The Bertz CT molecular complexity index is 1400. The first-order chi connectivity index (χ1) is 16.5. The summed E-state index contributed by atoms with van der Waals surface area (Å²) in [4.78, 5) is 41.4. The highest BCUT2D eigenvalue weighted by atomic mass is 16.2. The number of urea groups is 1. The number of fused-ring (bicyclic) bond motifs is 1. The van der Waals surface area contributed by atoms with Crippen molar-refractivity contribution in [1.29, 1.82) is 0 Å². The number of amides is 3. The average molecular weight is 456 g/mol. The molecule has 3 N–H and O–H groups in total. The van der Waals surface area contributed by atoms with Gasteiger partial charge >= 0.3 is 6.03 Å². The zero-order chi connectivity index (χ0) is 23.9. The molecule has 1 aromatic heterocycles. The normalized spacial score (nSPS) is 10.6. The fourth-order valence-electron chi connectivity index (χ4n) is 3.55. The number of anilines is 2. The second-order valence-electron chi connectivity index (χ2n) is 7.94. The van der Waals surface area contributed by atoms with Gasteiger partial charge in [0.25, 0.3) is 5.56 Å². The molecule has 0 bridgehead atoms. The third-order valence-electron chi connectivity index (χ3n) is 5.26. The standard InChI is InChI=1S/C26H25N5O3/c1-18-6-4-8-20(14-18)29-26(34)30-21-9-5-7-19(15-21)16-27-24(32)12-13-31-17-28-23-11-3-2-10-22(23)25(31)33/h2-11,14-15,17H,12-13,16H2,1H3,(H,27,32)(H2,29,30,34). The lowest BCUT2D eigenvalue weighted by atomic mass is 10.2. The monoisotopic (exact) mass is 455 g/mol. The summed E-state index contributed by atoms with van der Waals surface area (Å²) in [6, 6.07) is 21.6. The fourth-order valence-corrected chi connectivity index (χ4v) is 3.55. The number of aryl methyl sites for hydroxylation is 2. The van der Waals surface area contributed by atoms with Gasteiger partial charge in [0.05, 0.1) is 17.2 Å². The molecule has 0 saturated carbocycles. The first-order valence-corrected chi connectivity index (χ1v) is 10.9. The Kier molecular flexibility index (Phi) is 6.98. The zero-order valence-corrected chi connectivity index (χ0v) is 18.7. The molecule has 172 valence electrons. The number of carbonyl (C=O) groups is 2. The van der Waals surface area contributed by atoms with Gasteiger partial charge in [-0.3, -0.25) is 14.2 Å². The fraction of sp³-hybridized carbons (Fsp3) is 0.154. The predicted octanol–water partition coefficient (Wildman–Crippen LogP) is 4.06. The maximum Gasteiger partial charge on any atom is 0.323 e. The van der Waals surface area contributed by atoms with E-state index in [1.807, 2.05) is 49.4 Å². The quantitative estimate of drug-likeness (QED) is 0.391. The van der Waals surface area contributed by atoms with Crippen molar-refractivity contribution < 1.29 is 9.59 Å². The molecule has 8 nitrogen and oxygen atoms in total. The van der Waals surface area contributed by atoms with E-state index < -0.39 is 0 Å². The number of nitrogens with zero attached hydrogens (tertiary/aromatic N) is 2. The molecule has 1 heterocycles. The van der Waals surface area contributed by atoms with Gasteiger partial charge in [0.2, 0.25) is 5.91 Å². The number of benzene rings is 3. The van der Waals surface area contributed by atoms with Crippen LogP contribution in [-0.2, 0) is 17.9 Å². The molecule has 3 aromatic carbocycles. The second-order valence-corrected chi connectivity index (χ2v) is 7.94. The molecule has 0 unspecified atom stereocenters. The molecule has 4 rings (SSSR count). The molecule has 3 amide bonds. The Morgan fingerprint density at radius 3 is 2.44 bits per heavy atom. The van der Waals surface area contributed by atoms with Crippen LogP contribution in [0.5, 0.6) is 0 Å². The van der Waals surface area contributed by atoms with Crippen LogP contribution >= 0.6 is 0 Å². The van der Waals surface area contributed by atoms with Crippen molar-refractivity contribution in [2.24, 2.45) is 0 Å².